The van der Waals surface area contributed by atoms with Gasteiger partial charge in [0.05, 0.1) is 8.07 Å². The van der Waals surface area contributed by atoms with Crippen molar-refractivity contribution in [2.75, 3.05) is 13.2 Å². The Balaban J connectivity index is 1.38. The second kappa shape index (κ2) is 18.5. The Labute approximate surface area is 287 Å². The summed E-state index contributed by atoms with van der Waals surface area (Å²) in [5.41, 5.74) is 5.32. The Morgan fingerprint density at radius 3 is 2.09 bits per heavy atom. The molecule has 2 saturated carbocycles. The predicted octanol–water partition coefficient (Wildman–Crippen LogP) is 9.93. The van der Waals surface area contributed by atoms with Gasteiger partial charge in [-0.1, -0.05) is 119 Å². The van der Waals surface area contributed by atoms with Gasteiger partial charge in [-0.25, -0.2) is 4.79 Å². The normalized spacial score (nSPS) is 21.9. The van der Waals surface area contributed by atoms with Crippen molar-refractivity contribution in [2.45, 2.75) is 135 Å². The van der Waals surface area contributed by atoms with E-state index in [0.29, 0.717) is 11.5 Å². The van der Waals surface area contributed by atoms with Gasteiger partial charge in [0.15, 0.2) is 0 Å². The zero-order valence-electron chi connectivity index (χ0n) is 30.1. The molecule has 0 aliphatic heterocycles. The van der Waals surface area contributed by atoms with Crippen molar-refractivity contribution in [1.29, 1.82) is 0 Å². The highest BCUT2D eigenvalue weighted by atomic mass is 28.3. The third kappa shape index (κ3) is 10.9. The first-order valence-electron chi connectivity index (χ1n) is 18.9. The van der Waals surface area contributed by atoms with Crippen LogP contribution in [0.5, 0.6) is 0 Å². The summed E-state index contributed by atoms with van der Waals surface area (Å²) in [6, 6.07) is 17.0. The molecule has 2 N–H and O–H groups in total. The van der Waals surface area contributed by atoms with E-state index in [9.17, 15) is 15.0 Å². The highest BCUT2D eigenvalue weighted by Gasteiger charge is 2.31. The maximum Gasteiger partial charge on any atom is 0.333 e. The first-order valence-corrected chi connectivity index (χ1v) is 22.1. The average Bonchev–Trinajstić information content (AvgIpc) is 3.09. The fourth-order valence-electron chi connectivity index (χ4n) is 8.53. The molecule has 0 saturated heterocycles. The van der Waals surface area contributed by atoms with Gasteiger partial charge in [0, 0.05) is 24.7 Å². The number of carbonyl (C=O) groups is 1. The topological polar surface area (TPSA) is 66.8 Å². The Morgan fingerprint density at radius 2 is 1.49 bits per heavy atom. The summed E-state index contributed by atoms with van der Waals surface area (Å²) in [5, 5.41) is 20.3. The second-order valence-corrected chi connectivity index (χ2v) is 20.6. The molecule has 260 valence electrons. The molecule has 0 spiro atoms. The summed E-state index contributed by atoms with van der Waals surface area (Å²) in [6.45, 7) is 12.8. The van der Waals surface area contributed by atoms with Crippen LogP contribution in [0.4, 0.5) is 0 Å². The number of ether oxygens (including phenoxy) is 1. The highest BCUT2D eigenvalue weighted by molar-refractivity contribution is 6.90. The number of hydrogen-bond donors (Lipinski definition) is 2. The SMILES string of the molecule is C=C(C)C(=O)OCc1cc(-c2ccc(C3CCC(C4CCC(CCCCC)CC4)CC3)cc2)ccc1[Si](C)(C)CCCC(CO)CO. The van der Waals surface area contributed by atoms with Gasteiger partial charge in [0.25, 0.3) is 0 Å². The van der Waals surface area contributed by atoms with E-state index in [1.807, 2.05) is 0 Å². The fourth-order valence-corrected chi connectivity index (χ4v) is 11.4. The molecule has 4 rings (SSSR count). The first-order chi connectivity index (χ1) is 22.6. The highest BCUT2D eigenvalue weighted by Crippen LogP contribution is 2.44. The number of unbranched alkanes of at least 4 members (excludes halogenated alkanes) is 2. The molecule has 0 atom stereocenters. The van der Waals surface area contributed by atoms with E-state index in [-0.39, 0.29) is 31.7 Å². The number of aliphatic hydroxyl groups excluding tert-OH is 2. The van der Waals surface area contributed by atoms with Crippen LogP contribution in [-0.4, -0.2) is 37.5 Å². The van der Waals surface area contributed by atoms with E-state index in [1.54, 1.807) is 6.92 Å². The molecule has 0 radical (unpaired) electrons. The Kier molecular flexibility index (Phi) is 14.8. The number of rotatable bonds is 17. The van der Waals surface area contributed by atoms with Gasteiger partial charge in [0.1, 0.15) is 6.61 Å². The largest absolute Gasteiger partial charge is 0.457 e. The first kappa shape index (κ1) is 37.6. The van der Waals surface area contributed by atoms with Crippen LogP contribution in [0.1, 0.15) is 121 Å². The Hall–Kier alpha value is -2.21. The summed E-state index contributed by atoms with van der Waals surface area (Å²) in [7, 11) is -1.88. The minimum absolute atomic E-state index is 0.0233. The summed E-state index contributed by atoms with van der Waals surface area (Å²) in [5.74, 6) is 3.18. The lowest BCUT2D eigenvalue weighted by Crippen LogP contribution is -2.43. The molecule has 0 unspecified atom stereocenters. The molecular formula is C42H64O4Si. The van der Waals surface area contributed by atoms with E-state index in [4.69, 9.17) is 4.74 Å². The Bertz CT molecular complexity index is 1250. The lowest BCUT2D eigenvalue weighted by atomic mass is 9.68. The van der Waals surface area contributed by atoms with Crippen LogP contribution in [0.25, 0.3) is 11.1 Å². The van der Waals surface area contributed by atoms with Gasteiger partial charge < -0.3 is 14.9 Å². The van der Waals surface area contributed by atoms with Crippen LogP contribution < -0.4 is 5.19 Å². The zero-order valence-corrected chi connectivity index (χ0v) is 31.1. The van der Waals surface area contributed by atoms with Crippen molar-refractivity contribution in [1.82, 2.24) is 0 Å². The van der Waals surface area contributed by atoms with Crippen LogP contribution in [0.3, 0.4) is 0 Å². The van der Waals surface area contributed by atoms with Gasteiger partial charge in [-0.15, -0.1) is 0 Å². The molecule has 2 fully saturated rings. The smallest absolute Gasteiger partial charge is 0.333 e. The molecule has 0 amide bonds. The number of esters is 1. The van der Waals surface area contributed by atoms with Gasteiger partial charge in [-0.2, -0.15) is 0 Å². The van der Waals surface area contributed by atoms with Crippen LogP contribution >= 0.6 is 0 Å². The summed E-state index contributed by atoms with van der Waals surface area (Å²) in [6.07, 6.45) is 18.8. The van der Waals surface area contributed by atoms with Crippen molar-refractivity contribution in [3.8, 4) is 11.1 Å². The van der Waals surface area contributed by atoms with Crippen molar-refractivity contribution < 1.29 is 19.7 Å². The standard InChI is InChI=1S/C42H64O4Si/c1-6-7-8-10-32-12-14-34(15-13-32)35-16-18-36(19-17-35)37-20-22-38(23-21-37)39-24-25-41(40(27-39)30-46-42(45)31(2)3)47(4,5)26-9-11-33(28-43)29-44/h20-25,27,32-36,43-44H,2,6-19,26,28-30H2,1,3-5H3. The third-order valence-electron chi connectivity index (χ3n) is 11.7. The lowest BCUT2D eigenvalue weighted by Gasteiger charge is -2.38. The van der Waals surface area contributed by atoms with Gasteiger partial charge >= 0.3 is 5.97 Å². The van der Waals surface area contributed by atoms with Crippen molar-refractivity contribution in [3.63, 3.8) is 0 Å². The lowest BCUT2D eigenvalue weighted by molar-refractivity contribution is -0.140. The molecule has 4 nitrogen and oxygen atoms in total. The van der Waals surface area contributed by atoms with Crippen LogP contribution in [0.2, 0.25) is 19.1 Å². The molecular weight excluding hydrogens is 597 g/mol. The Morgan fingerprint density at radius 1 is 0.872 bits per heavy atom. The second-order valence-electron chi connectivity index (χ2n) is 15.7. The fraction of sp³-hybridized carbons (Fsp3) is 0.643. The molecule has 2 aromatic carbocycles. The van der Waals surface area contributed by atoms with E-state index < -0.39 is 8.07 Å². The molecule has 47 heavy (non-hydrogen) atoms. The maximum atomic E-state index is 12.3. The molecule has 0 bridgehead atoms. The van der Waals surface area contributed by atoms with Gasteiger partial charge in [0.2, 0.25) is 0 Å². The minimum Gasteiger partial charge on any atom is -0.457 e. The van der Waals surface area contributed by atoms with Crippen molar-refractivity contribution in [2.24, 2.45) is 23.7 Å². The maximum absolute atomic E-state index is 12.3. The molecule has 2 aliphatic carbocycles. The van der Waals surface area contributed by atoms with Crippen LogP contribution in [0.15, 0.2) is 54.6 Å². The van der Waals surface area contributed by atoms with Gasteiger partial charge in [-0.3, -0.25) is 0 Å². The molecule has 5 heteroatoms. The van der Waals surface area contributed by atoms with E-state index in [0.717, 1.165) is 47.8 Å². The monoisotopic (exact) mass is 660 g/mol. The summed E-state index contributed by atoms with van der Waals surface area (Å²) >= 11 is 0. The molecule has 2 aromatic rings. The molecule has 2 aliphatic rings. The summed E-state index contributed by atoms with van der Waals surface area (Å²) in [4.78, 5) is 12.3. The molecule has 0 heterocycles. The quantitative estimate of drug-likeness (QED) is 0.0767. The number of aliphatic hydroxyl groups is 2. The van der Waals surface area contributed by atoms with E-state index in [2.05, 4.69) is 69.1 Å². The van der Waals surface area contributed by atoms with Gasteiger partial charge in [-0.05, 0) is 104 Å². The number of hydrogen-bond acceptors (Lipinski definition) is 4. The number of carbonyl (C=O) groups excluding carboxylic acids is 1. The van der Waals surface area contributed by atoms with Crippen LogP contribution in [-0.2, 0) is 16.1 Å². The van der Waals surface area contributed by atoms with E-state index >= 15 is 0 Å². The average molecular weight is 661 g/mol. The van der Waals surface area contributed by atoms with E-state index in [1.165, 1.54) is 93.4 Å². The third-order valence-corrected chi connectivity index (χ3v) is 15.3. The zero-order chi connectivity index (χ0) is 33.8. The summed E-state index contributed by atoms with van der Waals surface area (Å²) < 4.78 is 5.69. The molecule has 0 aromatic heterocycles. The number of benzene rings is 2. The minimum atomic E-state index is -1.88. The van der Waals surface area contributed by atoms with Crippen molar-refractivity contribution in [3.05, 3.63) is 65.7 Å². The van der Waals surface area contributed by atoms with Crippen molar-refractivity contribution >= 4 is 19.2 Å². The predicted molar refractivity (Wildman–Crippen MR) is 200 cm³/mol. The van der Waals surface area contributed by atoms with Crippen LogP contribution in [0, 0.1) is 23.7 Å².